The number of carboxylic acid groups (broad SMARTS) is 3. The van der Waals surface area contributed by atoms with E-state index in [4.69, 9.17) is 0 Å². The summed E-state index contributed by atoms with van der Waals surface area (Å²) < 4.78 is 0. The molecular weight excluding hydrogens is 400 g/mol. The Balaban J connectivity index is 8.18. The SMILES string of the molecule is CC(C)C(C)(C)C(C(=O)O)C(O)(C(=O)O)C(C(=O)O)(C(C)(C)C(C)C)C(C)(C)C(C)C. The van der Waals surface area contributed by atoms with Crippen molar-refractivity contribution in [1.29, 1.82) is 0 Å². The fourth-order valence-electron chi connectivity index (χ4n) is 5.26. The molecule has 0 heterocycles. The molecular formula is C24H44O7. The van der Waals surface area contributed by atoms with E-state index in [-0.39, 0.29) is 17.8 Å². The highest BCUT2D eigenvalue weighted by Crippen LogP contribution is 2.66. The molecule has 7 heteroatoms. The van der Waals surface area contributed by atoms with Gasteiger partial charge in [0.2, 0.25) is 0 Å². The van der Waals surface area contributed by atoms with Crippen molar-refractivity contribution in [2.24, 2.45) is 45.3 Å². The van der Waals surface area contributed by atoms with Crippen molar-refractivity contribution in [2.45, 2.75) is 88.7 Å². The van der Waals surface area contributed by atoms with Gasteiger partial charge in [0, 0.05) is 0 Å². The van der Waals surface area contributed by atoms with Crippen LogP contribution in [-0.2, 0) is 14.4 Å². The highest BCUT2D eigenvalue weighted by Gasteiger charge is 2.79. The van der Waals surface area contributed by atoms with E-state index in [0.717, 1.165) is 0 Å². The molecule has 2 unspecified atom stereocenters. The van der Waals surface area contributed by atoms with Crippen LogP contribution in [0.25, 0.3) is 0 Å². The molecule has 0 aromatic heterocycles. The Morgan fingerprint density at radius 2 is 0.935 bits per heavy atom. The van der Waals surface area contributed by atoms with E-state index in [1.807, 2.05) is 0 Å². The number of aliphatic carboxylic acids is 3. The first-order valence-corrected chi connectivity index (χ1v) is 11.0. The number of rotatable bonds is 11. The minimum Gasteiger partial charge on any atom is -0.481 e. The highest BCUT2D eigenvalue weighted by atomic mass is 16.4. The molecule has 0 aliphatic rings. The Morgan fingerprint density at radius 1 is 0.613 bits per heavy atom. The Kier molecular flexibility index (Phi) is 8.26. The van der Waals surface area contributed by atoms with Crippen LogP contribution in [0.5, 0.6) is 0 Å². The Labute approximate surface area is 187 Å². The molecule has 2 atom stereocenters. The van der Waals surface area contributed by atoms with Crippen molar-refractivity contribution in [3.63, 3.8) is 0 Å². The van der Waals surface area contributed by atoms with E-state index in [9.17, 15) is 34.8 Å². The largest absolute Gasteiger partial charge is 0.481 e. The van der Waals surface area contributed by atoms with Crippen LogP contribution >= 0.6 is 0 Å². The zero-order valence-corrected chi connectivity index (χ0v) is 21.3. The predicted octanol–water partition coefficient (Wildman–Crippen LogP) is 4.62. The average Bonchev–Trinajstić information content (AvgIpc) is 2.52. The van der Waals surface area contributed by atoms with E-state index in [2.05, 4.69) is 0 Å². The minimum absolute atomic E-state index is 0.352. The molecule has 0 fully saturated rings. The Bertz CT molecular complexity index is 681. The quantitative estimate of drug-likeness (QED) is 0.365. The molecule has 0 aliphatic heterocycles. The molecule has 0 aromatic carbocycles. The summed E-state index contributed by atoms with van der Waals surface area (Å²) in [5.74, 6) is -7.89. The number of hydrogen-bond acceptors (Lipinski definition) is 4. The fraction of sp³-hybridized carbons (Fsp3) is 0.875. The monoisotopic (exact) mass is 444 g/mol. The molecule has 4 N–H and O–H groups in total. The van der Waals surface area contributed by atoms with Crippen LogP contribution in [0.4, 0.5) is 0 Å². The lowest BCUT2D eigenvalue weighted by Gasteiger charge is -2.63. The summed E-state index contributed by atoms with van der Waals surface area (Å²) in [6, 6.07) is 0. The van der Waals surface area contributed by atoms with E-state index in [1.165, 1.54) is 0 Å². The third-order valence-electron chi connectivity index (χ3n) is 8.94. The third kappa shape index (κ3) is 3.87. The van der Waals surface area contributed by atoms with Gasteiger partial charge in [-0.2, -0.15) is 0 Å². The summed E-state index contributed by atoms with van der Waals surface area (Å²) in [7, 11) is 0. The summed E-state index contributed by atoms with van der Waals surface area (Å²) in [6.07, 6.45) is 0. The lowest BCUT2D eigenvalue weighted by atomic mass is 9.38. The highest BCUT2D eigenvalue weighted by molar-refractivity contribution is 5.95. The lowest BCUT2D eigenvalue weighted by Crippen LogP contribution is -2.77. The maximum absolute atomic E-state index is 13.3. The van der Waals surface area contributed by atoms with Gasteiger partial charge < -0.3 is 20.4 Å². The van der Waals surface area contributed by atoms with Gasteiger partial charge in [-0.15, -0.1) is 0 Å². The normalized spacial score (nSPS) is 17.0. The number of carboxylic acids is 3. The van der Waals surface area contributed by atoms with Gasteiger partial charge in [0.25, 0.3) is 0 Å². The number of aliphatic hydroxyl groups is 1. The molecule has 182 valence electrons. The van der Waals surface area contributed by atoms with Crippen LogP contribution in [0.3, 0.4) is 0 Å². The van der Waals surface area contributed by atoms with Gasteiger partial charge in [0.15, 0.2) is 5.60 Å². The Hall–Kier alpha value is -1.63. The van der Waals surface area contributed by atoms with Gasteiger partial charge in [-0.1, -0.05) is 83.1 Å². The maximum Gasteiger partial charge on any atom is 0.337 e. The summed E-state index contributed by atoms with van der Waals surface area (Å²) in [5.41, 5.74) is -9.31. The van der Waals surface area contributed by atoms with Gasteiger partial charge in [-0.05, 0) is 34.0 Å². The average molecular weight is 445 g/mol. The first kappa shape index (κ1) is 29.4. The molecule has 0 saturated heterocycles. The molecule has 7 nitrogen and oxygen atoms in total. The molecule has 0 radical (unpaired) electrons. The smallest absolute Gasteiger partial charge is 0.337 e. The van der Waals surface area contributed by atoms with Gasteiger partial charge in [0.05, 0.1) is 0 Å². The molecule has 0 spiro atoms. The summed E-state index contributed by atoms with van der Waals surface area (Å²) in [5, 5.41) is 43.8. The first-order chi connectivity index (χ1) is 13.5. The van der Waals surface area contributed by atoms with Crippen molar-refractivity contribution in [1.82, 2.24) is 0 Å². The van der Waals surface area contributed by atoms with Crippen LogP contribution in [0.15, 0.2) is 0 Å². The molecule has 0 saturated carbocycles. The fourth-order valence-corrected chi connectivity index (χ4v) is 5.26. The van der Waals surface area contributed by atoms with Crippen molar-refractivity contribution < 1.29 is 34.8 Å². The first-order valence-electron chi connectivity index (χ1n) is 11.0. The molecule has 0 bridgehead atoms. The predicted molar refractivity (Wildman–Crippen MR) is 120 cm³/mol. The van der Waals surface area contributed by atoms with Crippen molar-refractivity contribution in [2.75, 3.05) is 0 Å². The van der Waals surface area contributed by atoms with Crippen LogP contribution in [0.1, 0.15) is 83.1 Å². The zero-order chi connectivity index (χ0) is 25.5. The van der Waals surface area contributed by atoms with Crippen LogP contribution in [0, 0.1) is 45.3 Å². The van der Waals surface area contributed by atoms with E-state index in [0.29, 0.717) is 0 Å². The maximum atomic E-state index is 13.3. The van der Waals surface area contributed by atoms with Crippen LogP contribution < -0.4 is 0 Å². The lowest BCUT2D eigenvalue weighted by molar-refractivity contribution is -0.266. The summed E-state index contributed by atoms with van der Waals surface area (Å²) in [6.45, 7) is 20.1. The summed E-state index contributed by atoms with van der Waals surface area (Å²) in [4.78, 5) is 38.9. The second-order valence-electron chi connectivity index (χ2n) is 11.6. The van der Waals surface area contributed by atoms with E-state index in [1.54, 1.807) is 83.1 Å². The van der Waals surface area contributed by atoms with Crippen molar-refractivity contribution >= 4 is 17.9 Å². The van der Waals surface area contributed by atoms with E-state index >= 15 is 0 Å². The summed E-state index contributed by atoms with van der Waals surface area (Å²) >= 11 is 0. The molecule has 0 amide bonds. The van der Waals surface area contributed by atoms with E-state index < -0.39 is 51.1 Å². The van der Waals surface area contributed by atoms with Gasteiger partial charge in [-0.3, -0.25) is 9.59 Å². The zero-order valence-electron chi connectivity index (χ0n) is 21.3. The second kappa shape index (κ2) is 8.72. The standard InChI is InChI=1S/C24H44O7/c1-13(2)20(7,8)16(17(25)26)23(31,18(27)28)24(19(29)30,21(9,10)14(3)4)22(11,12)15(5)6/h13-16,31H,1-12H3,(H,25,26)(H,27,28)(H,29,30). The Morgan fingerprint density at radius 3 is 1.10 bits per heavy atom. The minimum atomic E-state index is -3.11. The molecule has 0 aromatic rings. The second-order valence-corrected chi connectivity index (χ2v) is 11.6. The van der Waals surface area contributed by atoms with Crippen molar-refractivity contribution in [3.05, 3.63) is 0 Å². The molecule has 0 rings (SSSR count). The van der Waals surface area contributed by atoms with Crippen LogP contribution in [-0.4, -0.2) is 43.9 Å². The van der Waals surface area contributed by atoms with Gasteiger partial charge in [-0.25, -0.2) is 4.79 Å². The van der Waals surface area contributed by atoms with Gasteiger partial charge >= 0.3 is 17.9 Å². The molecule has 31 heavy (non-hydrogen) atoms. The number of hydrogen-bond donors (Lipinski definition) is 4. The number of carbonyl (C=O) groups is 3. The van der Waals surface area contributed by atoms with Gasteiger partial charge in [0.1, 0.15) is 11.3 Å². The molecule has 0 aliphatic carbocycles. The van der Waals surface area contributed by atoms with Crippen LogP contribution in [0.2, 0.25) is 0 Å². The third-order valence-corrected chi connectivity index (χ3v) is 8.94. The topological polar surface area (TPSA) is 132 Å². The van der Waals surface area contributed by atoms with Crippen molar-refractivity contribution in [3.8, 4) is 0 Å².